The summed E-state index contributed by atoms with van der Waals surface area (Å²) in [5.41, 5.74) is 9.30. The minimum atomic E-state index is 0.343. The average Bonchev–Trinajstić information content (AvgIpc) is 2.43. The summed E-state index contributed by atoms with van der Waals surface area (Å²) in [6.07, 6.45) is 6.64. The van der Waals surface area contributed by atoms with Gasteiger partial charge in [0.2, 0.25) is 0 Å². The van der Waals surface area contributed by atoms with Gasteiger partial charge in [-0.25, -0.2) is 0 Å². The fraction of sp³-hybridized carbons (Fsp3) is 0.500. The van der Waals surface area contributed by atoms with Gasteiger partial charge in [0.1, 0.15) is 0 Å². The molecule has 1 aliphatic rings. The zero-order valence-corrected chi connectivity index (χ0v) is 12.5. The van der Waals surface area contributed by atoms with Gasteiger partial charge in [-0.05, 0) is 54.7 Å². The SMILES string of the molecule is CC1(C)CCC(N)C(Cc2ccnc3ccccc23)C1. The predicted octanol–water partition coefficient (Wildman–Crippen LogP) is 3.93. The van der Waals surface area contributed by atoms with E-state index in [4.69, 9.17) is 5.73 Å². The number of hydrogen-bond acceptors (Lipinski definition) is 2. The van der Waals surface area contributed by atoms with E-state index in [9.17, 15) is 0 Å². The second-order valence-corrected chi connectivity index (χ2v) is 7.02. The van der Waals surface area contributed by atoms with Gasteiger partial charge in [0.05, 0.1) is 5.52 Å². The van der Waals surface area contributed by atoms with Gasteiger partial charge >= 0.3 is 0 Å². The van der Waals surface area contributed by atoms with Crippen LogP contribution in [0.4, 0.5) is 0 Å². The van der Waals surface area contributed by atoms with Crippen molar-refractivity contribution in [1.29, 1.82) is 0 Å². The molecular weight excluding hydrogens is 244 g/mol. The summed E-state index contributed by atoms with van der Waals surface area (Å²) >= 11 is 0. The quantitative estimate of drug-likeness (QED) is 0.896. The number of aromatic nitrogens is 1. The van der Waals surface area contributed by atoms with Crippen molar-refractivity contribution in [3.05, 3.63) is 42.1 Å². The Labute approximate surface area is 121 Å². The molecule has 20 heavy (non-hydrogen) atoms. The average molecular weight is 268 g/mol. The number of hydrogen-bond donors (Lipinski definition) is 1. The normalized spacial score (nSPS) is 25.8. The second-order valence-electron chi connectivity index (χ2n) is 7.02. The number of rotatable bonds is 2. The minimum Gasteiger partial charge on any atom is -0.327 e. The Morgan fingerprint density at radius 2 is 2.05 bits per heavy atom. The Morgan fingerprint density at radius 1 is 1.25 bits per heavy atom. The number of nitrogens with zero attached hydrogens (tertiary/aromatic N) is 1. The number of fused-ring (bicyclic) bond motifs is 1. The van der Waals surface area contributed by atoms with E-state index in [1.54, 1.807) is 0 Å². The van der Waals surface area contributed by atoms with Gasteiger partial charge in [0, 0.05) is 17.6 Å². The molecule has 2 atom stereocenters. The molecule has 2 N–H and O–H groups in total. The van der Waals surface area contributed by atoms with Crippen molar-refractivity contribution in [3.63, 3.8) is 0 Å². The molecule has 0 amide bonds. The van der Waals surface area contributed by atoms with Crippen LogP contribution in [0.3, 0.4) is 0 Å². The summed E-state index contributed by atoms with van der Waals surface area (Å²) in [7, 11) is 0. The Bertz CT molecular complexity index is 598. The summed E-state index contributed by atoms with van der Waals surface area (Å²) in [6, 6.07) is 10.9. The first kappa shape index (κ1) is 13.6. The summed E-state index contributed by atoms with van der Waals surface area (Å²) in [5.74, 6) is 0.588. The van der Waals surface area contributed by atoms with Crippen molar-refractivity contribution in [2.75, 3.05) is 0 Å². The van der Waals surface area contributed by atoms with Crippen molar-refractivity contribution >= 4 is 10.9 Å². The van der Waals surface area contributed by atoms with E-state index in [-0.39, 0.29) is 0 Å². The van der Waals surface area contributed by atoms with Crippen molar-refractivity contribution in [1.82, 2.24) is 4.98 Å². The number of para-hydroxylation sites is 1. The Balaban J connectivity index is 1.89. The van der Waals surface area contributed by atoms with Gasteiger partial charge in [-0.1, -0.05) is 32.0 Å². The molecule has 1 fully saturated rings. The maximum atomic E-state index is 6.38. The minimum absolute atomic E-state index is 0.343. The monoisotopic (exact) mass is 268 g/mol. The van der Waals surface area contributed by atoms with Gasteiger partial charge in [0.15, 0.2) is 0 Å². The van der Waals surface area contributed by atoms with Crippen LogP contribution in [-0.4, -0.2) is 11.0 Å². The topological polar surface area (TPSA) is 38.9 Å². The van der Waals surface area contributed by atoms with E-state index in [0.29, 0.717) is 17.4 Å². The molecule has 0 aliphatic heterocycles. The molecule has 106 valence electrons. The van der Waals surface area contributed by atoms with Crippen LogP contribution in [0.5, 0.6) is 0 Å². The highest BCUT2D eigenvalue weighted by Crippen LogP contribution is 2.39. The third-order valence-corrected chi connectivity index (χ3v) is 4.80. The lowest BCUT2D eigenvalue weighted by Crippen LogP contribution is -2.40. The van der Waals surface area contributed by atoms with Crippen LogP contribution >= 0.6 is 0 Å². The van der Waals surface area contributed by atoms with E-state index < -0.39 is 0 Å². The molecule has 1 aliphatic carbocycles. The van der Waals surface area contributed by atoms with Gasteiger partial charge in [0.25, 0.3) is 0 Å². The molecule has 1 heterocycles. The van der Waals surface area contributed by atoms with Crippen LogP contribution in [-0.2, 0) is 6.42 Å². The standard InChI is InChI=1S/C18H24N2/c1-18(2)9-7-16(19)14(12-18)11-13-8-10-20-17-6-4-3-5-15(13)17/h3-6,8,10,14,16H,7,9,11-12,19H2,1-2H3. The van der Waals surface area contributed by atoms with Crippen molar-refractivity contribution in [2.24, 2.45) is 17.1 Å². The predicted molar refractivity (Wildman–Crippen MR) is 84.5 cm³/mol. The largest absolute Gasteiger partial charge is 0.327 e. The number of nitrogens with two attached hydrogens (primary N) is 1. The van der Waals surface area contributed by atoms with Crippen molar-refractivity contribution in [3.8, 4) is 0 Å². The molecule has 2 nitrogen and oxygen atoms in total. The van der Waals surface area contributed by atoms with Gasteiger partial charge in [-0.2, -0.15) is 0 Å². The number of pyridine rings is 1. The first-order chi connectivity index (χ1) is 9.55. The summed E-state index contributed by atoms with van der Waals surface area (Å²) in [5, 5.41) is 1.28. The highest BCUT2D eigenvalue weighted by Gasteiger charge is 2.33. The van der Waals surface area contributed by atoms with E-state index in [1.807, 2.05) is 6.20 Å². The highest BCUT2D eigenvalue weighted by atomic mass is 14.7. The molecule has 0 saturated heterocycles. The van der Waals surface area contributed by atoms with Crippen LogP contribution < -0.4 is 5.73 Å². The van der Waals surface area contributed by atoms with Crippen LogP contribution in [0.1, 0.15) is 38.7 Å². The molecule has 0 bridgehead atoms. The lowest BCUT2D eigenvalue weighted by molar-refractivity contribution is 0.157. The Morgan fingerprint density at radius 3 is 2.90 bits per heavy atom. The fourth-order valence-corrected chi connectivity index (χ4v) is 3.60. The zero-order valence-electron chi connectivity index (χ0n) is 12.5. The Hall–Kier alpha value is -1.41. The molecule has 3 rings (SSSR count). The van der Waals surface area contributed by atoms with Gasteiger partial charge in [-0.3, -0.25) is 4.98 Å². The van der Waals surface area contributed by atoms with E-state index in [0.717, 1.165) is 18.4 Å². The molecule has 2 heteroatoms. The van der Waals surface area contributed by atoms with E-state index in [1.165, 1.54) is 23.8 Å². The lowest BCUT2D eigenvalue weighted by Gasteiger charge is -2.39. The molecule has 0 spiro atoms. The summed E-state index contributed by atoms with van der Waals surface area (Å²) in [4.78, 5) is 4.45. The smallest absolute Gasteiger partial charge is 0.0704 e. The molecular formula is C18H24N2. The van der Waals surface area contributed by atoms with Crippen LogP contribution in [0.2, 0.25) is 0 Å². The fourth-order valence-electron chi connectivity index (χ4n) is 3.60. The number of benzene rings is 1. The highest BCUT2D eigenvalue weighted by molar-refractivity contribution is 5.81. The van der Waals surface area contributed by atoms with Gasteiger partial charge < -0.3 is 5.73 Å². The van der Waals surface area contributed by atoms with Crippen molar-refractivity contribution in [2.45, 2.75) is 45.6 Å². The van der Waals surface area contributed by atoms with E-state index in [2.05, 4.69) is 49.2 Å². The molecule has 1 aromatic heterocycles. The third-order valence-electron chi connectivity index (χ3n) is 4.80. The lowest BCUT2D eigenvalue weighted by atomic mass is 9.68. The molecule has 0 radical (unpaired) electrons. The third kappa shape index (κ3) is 2.71. The van der Waals surface area contributed by atoms with Gasteiger partial charge in [-0.15, -0.1) is 0 Å². The van der Waals surface area contributed by atoms with Crippen LogP contribution in [0.25, 0.3) is 10.9 Å². The zero-order chi connectivity index (χ0) is 14.2. The first-order valence-corrected chi connectivity index (χ1v) is 7.63. The maximum absolute atomic E-state index is 6.38. The first-order valence-electron chi connectivity index (χ1n) is 7.63. The van der Waals surface area contributed by atoms with Crippen molar-refractivity contribution < 1.29 is 0 Å². The Kier molecular flexibility index (Phi) is 3.51. The van der Waals surface area contributed by atoms with E-state index >= 15 is 0 Å². The maximum Gasteiger partial charge on any atom is 0.0704 e. The summed E-state index contributed by atoms with van der Waals surface area (Å²) in [6.45, 7) is 4.74. The molecule has 1 saturated carbocycles. The second kappa shape index (κ2) is 5.17. The molecule has 2 aromatic rings. The molecule has 2 unspecified atom stereocenters. The molecule has 1 aromatic carbocycles. The van der Waals surface area contributed by atoms with Crippen LogP contribution in [0, 0.1) is 11.3 Å². The van der Waals surface area contributed by atoms with Crippen LogP contribution in [0.15, 0.2) is 36.5 Å². The summed E-state index contributed by atoms with van der Waals surface area (Å²) < 4.78 is 0.